The fraction of sp³-hybridized carbons (Fsp3) is 0.0667. The first-order valence-electron chi connectivity index (χ1n) is 5.90. The van der Waals surface area contributed by atoms with Gasteiger partial charge in [-0.05, 0) is 17.7 Å². The van der Waals surface area contributed by atoms with Gasteiger partial charge in [-0.2, -0.15) is 0 Å². The molecule has 0 aliphatic carbocycles. The van der Waals surface area contributed by atoms with Crippen molar-refractivity contribution in [1.82, 2.24) is 5.16 Å². The van der Waals surface area contributed by atoms with Crippen molar-refractivity contribution in [3.63, 3.8) is 0 Å². The van der Waals surface area contributed by atoms with E-state index in [4.69, 9.17) is 4.52 Å². The first-order chi connectivity index (χ1) is 9.34. The number of benzene rings is 2. The molecule has 4 heteroatoms. The first-order valence-corrected chi connectivity index (χ1v) is 6.88. The topological polar surface area (TPSA) is 43.1 Å². The zero-order valence-corrected chi connectivity index (χ0v) is 10.9. The van der Waals surface area contributed by atoms with E-state index in [1.54, 1.807) is 12.1 Å². The SMILES string of the molecule is O=c1c(SCc2ccccc2)noc2ccccc12. The van der Waals surface area contributed by atoms with Crippen LogP contribution in [0.5, 0.6) is 0 Å². The molecule has 94 valence electrons. The lowest BCUT2D eigenvalue weighted by Crippen LogP contribution is -2.06. The highest BCUT2D eigenvalue weighted by Crippen LogP contribution is 2.19. The van der Waals surface area contributed by atoms with Gasteiger partial charge in [0.1, 0.15) is 0 Å². The molecule has 1 heterocycles. The number of para-hydroxylation sites is 1. The fourth-order valence-corrected chi connectivity index (χ4v) is 2.63. The predicted octanol–water partition coefficient (Wildman–Crippen LogP) is 3.48. The van der Waals surface area contributed by atoms with Crippen molar-refractivity contribution in [3.8, 4) is 0 Å². The number of thioether (sulfide) groups is 1. The van der Waals surface area contributed by atoms with Crippen LogP contribution in [0.1, 0.15) is 5.56 Å². The Labute approximate surface area is 114 Å². The lowest BCUT2D eigenvalue weighted by molar-refractivity contribution is 0.413. The summed E-state index contributed by atoms with van der Waals surface area (Å²) in [5.41, 5.74) is 1.61. The second-order valence-electron chi connectivity index (χ2n) is 4.09. The zero-order valence-electron chi connectivity index (χ0n) is 10.1. The van der Waals surface area contributed by atoms with Gasteiger partial charge in [-0.1, -0.05) is 59.4 Å². The van der Waals surface area contributed by atoms with Crippen molar-refractivity contribution in [2.45, 2.75) is 10.8 Å². The molecule has 0 spiro atoms. The van der Waals surface area contributed by atoms with Crippen molar-refractivity contribution in [3.05, 3.63) is 70.4 Å². The minimum Gasteiger partial charge on any atom is -0.355 e. The Kier molecular flexibility index (Phi) is 3.33. The van der Waals surface area contributed by atoms with Gasteiger partial charge in [0, 0.05) is 5.75 Å². The third kappa shape index (κ3) is 2.53. The van der Waals surface area contributed by atoms with Crippen LogP contribution in [-0.4, -0.2) is 5.16 Å². The van der Waals surface area contributed by atoms with E-state index in [-0.39, 0.29) is 5.43 Å². The molecular formula is C15H11NO2S. The minimum absolute atomic E-state index is 0.0669. The molecule has 0 saturated carbocycles. The number of fused-ring (bicyclic) bond motifs is 1. The Morgan fingerprint density at radius 3 is 2.58 bits per heavy atom. The molecule has 3 nitrogen and oxygen atoms in total. The van der Waals surface area contributed by atoms with Crippen LogP contribution in [0.2, 0.25) is 0 Å². The molecule has 0 fully saturated rings. The second kappa shape index (κ2) is 5.28. The largest absolute Gasteiger partial charge is 0.355 e. The maximum Gasteiger partial charge on any atom is 0.225 e. The third-order valence-electron chi connectivity index (χ3n) is 2.77. The van der Waals surface area contributed by atoms with Gasteiger partial charge < -0.3 is 4.52 Å². The summed E-state index contributed by atoms with van der Waals surface area (Å²) in [7, 11) is 0. The van der Waals surface area contributed by atoms with Crippen molar-refractivity contribution in [2.75, 3.05) is 0 Å². The van der Waals surface area contributed by atoms with Crippen LogP contribution in [0.25, 0.3) is 11.0 Å². The van der Waals surface area contributed by atoms with Crippen LogP contribution in [0, 0.1) is 0 Å². The molecule has 0 unspecified atom stereocenters. The molecule has 0 N–H and O–H groups in total. The molecule has 0 saturated heterocycles. The van der Waals surface area contributed by atoms with E-state index in [1.807, 2.05) is 42.5 Å². The Bertz CT molecular complexity index is 753. The quantitative estimate of drug-likeness (QED) is 0.683. The Hall–Kier alpha value is -2.07. The van der Waals surface area contributed by atoms with Gasteiger partial charge in [-0.15, -0.1) is 0 Å². The van der Waals surface area contributed by atoms with Gasteiger partial charge in [0.2, 0.25) is 5.43 Å². The van der Waals surface area contributed by atoms with E-state index in [1.165, 1.54) is 11.8 Å². The molecule has 2 aromatic carbocycles. The average molecular weight is 269 g/mol. The van der Waals surface area contributed by atoms with Gasteiger partial charge in [0.05, 0.1) is 5.39 Å². The summed E-state index contributed by atoms with van der Waals surface area (Å²) in [4.78, 5) is 12.2. The third-order valence-corrected chi connectivity index (χ3v) is 3.78. The van der Waals surface area contributed by atoms with Crippen molar-refractivity contribution < 1.29 is 4.52 Å². The zero-order chi connectivity index (χ0) is 13.1. The van der Waals surface area contributed by atoms with E-state index in [9.17, 15) is 4.79 Å². The summed E-state index contributed by atoms with van der Waals surface area (Å²) >= 11 is 1.40. The van der Waals surface area contributed by atoms with E-state index in [0.717, 1.165) is 5.56 Å². The van der Waals surface area contributed by atoms with Gasteiger partial charge in [0.25, 0.3) is 0 Å². The average Bonchev–Trinajstić information content (AvgIpc) is 2.48. The summed E-state index contributed by atoms with van der Waals surface area (Å²) in [6, 6.07) is 17.1. The van der Waals surface area contributed by atoms with Crippen molar-refractivity contribution in [1.29, 1.82) is 0 Å². The fourth-order valence-electron chi connectivity index (χ4n) is 1.80. The van der Waals surface area contributed by atoms with Crippen LogP contribution in [0.3, 0.4) is 0 Å². The molecule has 3 rings (SSSR count). The minimum atomic E-state index is -0.0669. The smallest absolute Gasteiger partial charge is 0.225 e. The Morgan fingerprint density at radius 2 is 1.74 bits per heavy atom. The summed E-state index contributed by atoms with van der Waals surface area (Å²) in [6.45, 7) is 0. The van der Waals surface area contributed by atoms with E-state index >= 15 is 0 Å². The van der Waals surface area contributed by atoms with Gasteiger partial charge >= 0.3 is 0 Å². The van der Waals surface area contributed by atoms with E-state index < -0.39 is 0 Å². The monoisotopic (exact) mass is 269 g/mol. The Balaban J connectivity index is 1.90. The highest BCUT2D eigenvalue weighted by Gasteiger charge is 2.08. The molecule has 0 aliphatic rings. The summed E-state index contributed by atoms with van der Waals surface area (Å²) in [5.74, 6) is 0.705. The highest BCUT2D eigenvalue weighted by atomic mass is 32.2. The molecule has 0 atom stereocenters. The summed E-state index contributed by atoms with van der Waals surface area (Å²) < 4.78 is 5.24. The lowest BCUT2D eigenvalue weighted by Gasteiger charge is -2.01. The van der Waals surface area contributed by atoms with Crippen molar-refractivity contribution >= 4 is 22.7 Å². The second-order valence-corrected chi connectivity index (χ2v) is 5.05. The molecule has 0 radical (unpaired) electrons. The predicted molar refractivity (Wildman–Crippen MR) is 76.3 cm³/mol. The molecular weight excluding hydrogens is 258 g/mol. The van der Waals surface area contributed by atoms with Crippen molar-refractivity contribution in [2.24, 2.45) is 0 Å². The number of nitrogens with zero attached hydrogens (tertiary/aromatic N) is 1. The highest BCUT2D eigenvalue weighted by molar-refractivity contribution is 7.98. The molecule has 0 aliphatic heterocycles. The van der Waals surface area contributed by atoms with Crippen LogP contribution < -0.4 is 5.43 Å². The number of aromatic nitrogens is 1. The standard InChI is InChI=1S/C15H11NO2S/c17-14-12-8-4-5-9-13(12)18-16-15(14)19-10-11-6-2-1-3-7-11/h1-9H,10H2. The molecule has 19 heavy (non-hydrogen) atoms. The number of rotatable bonds is 3. The molecule has 1 aromatic heterocycles. The maximum atomic E-state index is 12.2. The molecule has 0 bridgehead atoms. The molecule has 3 aromatic rings. The number of hydrogen-bond donors (Lipinski definition) is 0. The van der Waals surface area contributed by atoms with Crippen LogP contribution in [0.15, 0.2) is 68.9 Å². The van der Waals surface area contributed by atoms with E-state index in [2.05, 4.69) is 5.16 Å². The Morgan fingerprint density at radius 1 is 1.00 bits per heavy atom. The first kappa shape index (κ1) is 12.0. The van der Waals surface area contributed by atoms with Gasteiger partial charge in [-0.3, -0.25) is 4.79 Å². The summed E-state index contributed by atoms with van der Waals surface area (Å²) in [6.07, 6.45) is 0. The normalized spacial score (nSPS) is 10.7. The van der Waals surface area contributed by atoms with Crippen LogP contribution in [-0.2, 0) is 5.75 Å². The van der Waals surface area contributed by atoms with Gasteiger partial charge in [0.15, 0.2) is 10.6 Å². The van der Waals surface area contributed by atoms with E-state index in [0.29, 0.717) is 21.7 Å². The lowest BCUT2D eigenvalue weighted by atomic mass is 10.2. The van der Waals surface area contributed by atoms with Gasteiger partial charge in [-0.25, -0.2) is 0 Å². The van der Waals surface area contributed by atoms with Crippen LogP contribution >= 0.6 is 11.8 Å². The maximum absolute atomic E-state index is 12.2. The summed E-state index contributed by atoms with van der Waals surface area (Å²) in [5, 5.41) is 4.88. The molecule has 0 amide bonds. The van der Waals surface area contributed by atoms with Crippen LogP contribution in [0.4, 0.5) is 0 Å². The number of hydrogen-bond acceptors (Lipinski definition) is 4.